The van der Waals surface area contributed by atoms with Gasteiger partial charge in [0.15, 0.2) is 0 Å². The monoisotopic (exact) mass is 263 g/mol. The fourth-order valence-electron chi connectivity index (χ4n) is 1.88. The van der Waals surface area contributed by atoms with Crippen molar-refractivity contribution in [1.82, 2.24) is 5.32 Å². The maximum absolute atomic E-state index is 11.1. The van der Waals surface area contributed by atoms with Crippen LogP contribution in [0.4, 0.5) is 0 Å². The first kappa shape index (κ1) is 15.7. The fraction of sp³-hybridized carbons (Fsp3) is 0.562. The lowest BCUT2D eigenvalue weighted by Crippen LogP contribution is -2.26. The molecule has 0 aromatic heterocycles. The Morgan fingerprint density at radius 1 is 1.26 bits per heavy atom. The lowest BCUT2D eigenvalue weighted by atomic mass is 9.97. The third-order valence-corrected chi connectivity index (χ3v) is 3.33. The number of benzene rings is 1. The van der Waals surface area contributed by atoms with Crippen molar-refractivity contribution in [2.24, 2.45) is 0 Å². The Bertz CT molecular complexity index is 373. The first-order valence-electron chi connectivity index (χ1n) is 7.12. The van der Waals surface area contributed by atoms with Crippen LogP contribution < -0.4 is 5.32 Å². The number of hydrogen-bond acceptors (Lipinski definition) is 3. The molecule has 0 saturated carbocycles. The van der Waals surface area contributed by atoms with Gasteiger partial charge < -0.3 is 10.1 Å². The van der Waals surface area contributed by atoms with E-state index in [1.807, 2.05) is 6.92 Å². The summed E-state index contributed by atoms with van der Waals surface area (Å²) < 4.78 is 4.85. The molecule has 0 radical (unpaired) electrons. The molecular formula is C16H25NO2. The lowest BCUT2D eigenvalue weighted by Gasteiger charge is -2.10. The SMILES string of the molecule is CCOC(=O)CNCCc1ccc(C(C)CC)cc1. The van der Waals surface area contributed by atoms with Gasteiger partial charge in [-0.3, -0.25) is 4.79 Å². The summed E-state index contributed by atoms with van der Waals surface area (Å²) in [5.41, 5.74) is 2.69. The number of hydrogen-bond donors (Lipinski definition) is 1. The number of esters is 1. The van der Waals surface area contributed by atoms with E-state index in [0.29, 0.717) is 19.1 Å². The van der Waals surface area contributed by atoms with Crippen LogP contribution in [0, 0.1) is 0 Å². The van der Waals surface area contributed by atoms with Crippen LogP contribution in [0.2, 0.25) is 0 Å². The maximum atomic E-state index is 11.1. The Labute approximate surface area is 116 Å². The van der Waals surface area contributed by atoms with Gasteiger partial charge in [0.2, 0.25) is 0 Å². The van der Waals surface area contributed by atoms with E-state index in [-0.39, 0.29) is 5.97 Å². The molecule has 1 N–H and O–H groups in total. The highest BCUT2D eigenvalue weighted by Gasteiger charge is 2.03. The summed E-state index contributed by atoms with van der Waals surface area (Å²) in [5.74, 6) is 0.436. The van der Waals surface area contributed by atoms with Crippen LogP contribution in [0.3, 0.4) is 0 Å². The molecule has 0 aliphatic carbocycles. The highest BCUT2D eigenvalue weighted by molar-refractivity contribution is 5.71. The van der Waals surface area contributed by atoms with Crippen LogP contribution in [0.5, 0.6) is 0 Å². The molecular weight excluding hydrogens is 238 g/mol. The Balaban J connectivity index is 2.28. The van der Waals surface area contributed by atoms with Gasteiger partial charge in [0.1, 0.15) is 0 Å². The van der Waals surface area contributed by atoms with Crippen LogP contribution in [0.1, 0.15) is 44.2 Å². The molecule has 1 atom stereocenters. The minimum absolute atomic E-state index is 0.186. The Morgan fingerprint density at radius 2 is 1.95 bits per heavy atom. The molecule has 1 aromatic carbocycles. The average Bonchev–Trinajstić information content (AvgIpc) is 2.44. The van der Waals surface area contributed by atoms with Crippen LogP contribution in [0.15, 0.2) is 24.3 Å². The first-order valence-corrected chi connectivity index (χ1v) is 7.12. The van der Waals surface area contributed by atoms with Crippen LogP contribution >= 0.6 is 0 Å². The van der Waals surface area contributed by atoms with E-state index in [1.54, 1.807) is 0 Å². The third kappa shape index (κ3) is 5.88. The topological polar surface area (TPSA) is 38.3 Å². The van der Waals surface area contributed by atoms with Gasteiger partial charge in [-0.05, 0) is 43.4 Å². The molecule has 1 unspecified atom stereocenters. The number of ether oxygens (including phenoxy) is 1. The molecule has 19 heavy (non-hydrogen) atoms. The van der Waals surface area contributed by atoms with Gasteiger partial charge in [0.05, 0.1) is 13.2 Å². The molecule has 1 aromatic rings. The fourth-order valence-corrected chi connectivity index (χ4v) is 1.88. The number of carbonyl (C=O) groups excluding carboxylic acids is 1. The molecule has 0 bridgehead atoms. The zero-order valence-corrected chi connectivity index (χ0v) is 12.2. The van der Waals surface area contributed by atoms with Gasteiger partial charge in [-0.25, -0.2) is 0 Å². The molecule has 1 rings (SSSR count). The Hall–Kier alpha value is -1.35. The molecule has 0 saturated heterocycles. The van der Waals surface area contributed by atoms with E-state index in [0.717, 1.165) is 13.0 Å². The molecule has 0 fully saturated rings. The molecule has 0 spiro atoms. The number of carbonyl (C=O) groups is 1. The van der Waals surface area contributed by atoms with Crippen LogP contribution in [-0.4, -0.2) is 25.7 Å². The zero-order valence-electron chi connectivity index (χ0n) is 12.2. The predicted molar refractivity (Wildman–Crippen MR) is 78.4 cm³/mol. The van der Waals surface area contributed by atoms with Gasteiger partial charge in [0.25, 0.3) is 0 Å². The summed E-state index contributed by atoms with van der Waals surface area (Å²) in [7, 11) is 0. The highest BCUT2D eigenvalue weighted by atomic mass is 16.5. The van der Waals surface area contributed by atoms with E-state index >= 15 is 0 Å². The van der Waals surface area contributed by atoms with Crippen molar-refractivity contribution < 1.29 is 9.53 Å². The van der Waals surface area contributed by atoms with Crippen LogP contribution in [0.25, 0.3) is 0 Å². The van der Waals surface area contributed by atoms with Gasteiger partial charge >= 0.3 is 5.97 Å². The Morgan fingerprint density at radius 3 is 2.53 bits per heavy atom. The minimum Gasteiger partial charge on any atom is -0.465 e. The van der Waals surface area contributed by atoms with Crippen molar-refractivity contribution in [3.63, 3.8) is 0 Å². The molecule has 0 aliphatic rings. The van der Waals surface area contributed by atoms with Crippen LogP contribution in [-0.2, 0) is 16.0 Å². The van der Waals surface area contributed by atoms with E-state index in [2.05, 4.69) is 43.4 Å². The summed E-state index contributed by atoms with van der Waals surface area (Å²) in [6.07, 6.45) is 2.10. The van der Waals surface area contributed by atoms with Gasteiger partial charge in [-0.1, -0.05) is 38.1 Å². The molecule has 0 heterocycles. The second kappa shape index (κ2) is 8.70. The second-order valence-corrected chi connectivity index (χ2v) is 4.78. The Kier molecular flexibility index (Phi) is 7.19. The number of rotatable bonds is 8. The summed E-state index contributed by atoms with van der Waals surface area (Å²) in [5, 5.41) is 3.09. The standard InChI is InChI=1S/C16H25NO2/c1-4-13(3)15-8-6-14(7-9-15)10-11-17-12-16(18)19-5-2/h6-9,13,17H,4-5,10-12H2,1-3H3. The molecule has 3 heteroatoms. The van der Waals surface area contributed by atoms with E-state index in [1.165, 1.54) is 17.5 Å². The summed E-state index contributed by atoms with van der Waals surface area (Å²) in [6.45, 7) is 7.79. The number of nitrogens with one attached hydrogen (secondary N) is 1. The van der Waals surface area contributed by atoms with Crippen molar-refractivity contribution in [3.05, 3.63) is 35.4 Å². The van der Waals surface area contributed by atoms with Crippen molar-refractivity contribution in [2.45, 2.75) is 39.5 Å². The molecule has 0 aliphatic heterocycles. The highest BCUT2D eigenvalue weighted by Crippen LogP contribution is 2.18. The normalized spacial score (nSPS) is 12.2. The predicted octanol–water partition coefficient (Wildman–Crippen LogP) is 2.90. The maximum Gasteiger partial charge on any atom is 0.319 e. The first-order chi connectivity index (χ1) is 9.17. The lowest BCUT2D eigenvalue weighted by molar-refractivity contribution is -0.141. The second-order valence-electron chi connectivity index (χ2n) is 4.78. The molecule has 0 amide bonds. The third-order valence-electron chi connectivity index (χ3n) is 3.33. The largest absolute Gasteiger partial charge is 0.465 e. The van der Waals surface area contributed by atoms with Crippen molar-refractivity contribution in [3.8, 4) is 0 Å². The van der Waals surface area contributed by atoms with Gasteiger partial charge in [0, 0.05) is 0 Å². The average molecular weight is 263 g/mol. The van der Waals surface area contributed by atoms with Gasteiger partial charge in [-0.15, -0.1) is 0 Å². The van der Waals surface area contributed by atoms with Crippen molar-refractivity contribution in [2.75, 3.05) is 19.7 Å². The van der Waals surface area contributed by atoms with Crippen molar-refractivity contribution in [1.29, 1.82) is 0 Å². The van der Waals surface area contributed by atoms with Gasteiger partial charge in [-0.2, -0.15) is 0 Å². The van der Waals surface area contributed by atoms with E-state index in [9.17, 15) is 4.79 Å². The van der Waals surface area contributed by atoms with Crippen molar-refractivity contribution >= 4 is 5.97 Å². The summed E-state index contributed by atoms with van der Waals surface area (Å²) in [4.78, 5) is 11.1. The smallest absolute Gasteiger partial charge is 0.319 e. The quantitative estimate of drug-likeness (QED) is 0.579. The molecule has 106 valence electrons. The van der Waals surface area contributed by atoms with E-state index < -0.39 is 0 Å². The molecule has 3 nitrogen and oxygen atoms in total. The summed E-state index contributed by atoms with van der Waals surface area (Å²) in [6, 6.07) is 8.75. The van der Waals surface area contributed by atoms with E-state index in [4.69, 9.17) is 4.74 Å². The minimum atomic E-state index is -0.186. The zero-order chi connectivity index (χ0) is 14.1. The summed E-state index contributed by atoms with van der Waals surface area (Å²) >= 11 is 0.